The molecule has 17 heavy (non-hydrogen) atoms. The number of nitrogens with one attached hydrogen (secondary N) is 2. The van der Waals surface area contributed by atoms with Gasteiger partial charge in [0.25, 0.3) is 0 Å². The minimum absolute atomic E-state index is 0.0506. The van der Waals surface area contributed by atoms with E-state index in [1.54, 1.807) is 6.07 Å². The zero-order valence-corrected chi connectivity index (χ0v) is 10.3. The van der Waals surface area contributed by atoms with E-state index in [2.05, 4.69) is 20.6 Å². The van der Waals surface area contributed by atoms with Crippen molar-refractivity contribution in [1.29, 1.82) is 0 Å². The van der Waals surface area contributed by atoms with Gasteiger partial charge >= 0.3 is 0 Å². The van der Waals surface area contributed by atoms with Crippen LogP contribution in [-0.4, -0.2) is 29.0 Å². The number of nitrogens with zero attached hydrogens (tertiary/aromatic N) is 2. The number of carbonyl (C=O) groups excluding carboxylic acids is 1. The molecular formula is C12H18N4O. The first-order chi connectivity index (χ1) is 8.15. The van der Waals surface area contributed by atoms with E-state index >= 15 is 0 Å². The molecule has 0 aliphatic carbocycles. The van der Waals surface area contributed by atoms with Crippen molar-refractivity contribution in [3.63, 3.8) is 0 Å². The summed E-state index contributed by atoms with van der Waals surface area (Å²) in [6, 6.07) is 1.79. The fourth-order valence-corrected chi connectivity index (χ4v) is 2.08. The molecule has 92 valence electrons. The Morgan fingerprint density at radius 1 is 1.47 bits per heavy atom. The van der Waals surface area contributed by atoms with Gasteiger partial charge in [0.2, 0.25) is 5.91 Å². The van der Waals surface area contributed by atoms with Gasteiger partial charge in [-0.05, 0) is 33.2 Å². The molecule has 0 spiro atoms. The van der Waals surface area contributed by atoms with Gasteiger partial charge in [0.1, 0.15) is 11.6 Å². The van der Waals surface area contributed by atoms with Gasteiger partial charge < -0.3 is 10.6 Å². The first-order valence-corrected chi connectivity index (χ1v) is 5.99. The molecule has 1 unspecified atom stereocenters. The molecule has 0 saturated carbocycles. The number of amides is 1. The summed E-state index contributed by atoms with van der Waals surface area (Å²) in [4.78, 5) is 20.4. The summed E-state index contributed by atoms with van der Waals surface area (Å²) in [5.41, 5.74) is 0.870. The number of hydrogen-bond acceptors (Lipinski definition) is 4. The van der Waals surface area contributed by atoms with Crippen LogP contribution in [0.25, 0.3) is 0 Å². The molecule has 0 radical (unpaired) electrons. The highest BCUT2D eigenvalue weighted by molar-refractivity contribution is 5.91. The largest absolute Gasteiger partial charge is 0.316 e. The van der Waals surface area contributed by atoms with Crippen LogP contribution in [0.1, 0.15) is 24.4 Å². The van der Waals surface area contributed by atoms with E-state index in [1.165, 1.54) is 0 Å². The zero-order valence-electron chi connectivity index (χ0n) is 10.3. The summed E-state index contributed by atoms with van der Waals surface area (Å²) in [5, 5.41) is 6.09. The maximum Gasteiger partial charge on any atom is 0.229 e. The van der Waals surface area contributed by atoms with E-state index < -0.39 is 0 Å². The van der Waals surface area contributed by atoms with Gasteiger partial charge in [0, 0.05) is 18.3 Å². The molecule has 2 N–H and O–H groups in total. The molecule has 5 heteroatoms. The van der Waals surface area contributed by atoms with E-state index in [9.17, 15) is 4.79 Å². The standard InChI is InChI=1S/C12H18N4O/c1-8-6-11(15-9(2)14-8)16-12(17)10-4-3-5-13-7-10/h6,10,13H,3-5,7H2,1-2H3,(H,14,15,16,17). The summed E-state index contributed by atoms with van der Waals surface area (Å²) >= 11 is 0. The summed E-state index contributed by atoms with van der Waals surface area (Å²) in [6.45, 7) is 5.49. The van der Waals surface area contributed by atoms with Crippen molar-refractivity contribution in [2.45, 2.75) is 26.7 Å². The topological polar surface area (TPSA) is 66.9 Å². The van der Waals surface area contributed by atoms with Gasteiger partial charge in [-0.1, -0.05) is 0 Å². The molecule has 1 aliphatic rings. The van der Waals surface area contributed by atoms with Crippen LogP contribution in [-0.2, 0) is 4.79 Å². The van der Waals surface area contributed by atoms with E-state index in [1.807, 2.05) is 13.8 Å². The van der Waals surface area contributed by atoms with Gasteiger partial charge in [0.05, 0.1) is 5.92 Å². The quantitative estimate of drug-likeness (QED) is 0.802. The number of carbonyl (C=O) groups is 1. The lowest BCUT2D eigenvalue weighted by Gasteiger charge is -2.21. The summed E-state index contributed by atoms with van der Waals surface area (Å²) < 4.78 is 0. The highest BCUT2D eigenvalue weighted by Crippen LogP contribution is 2.13. The maximum absolute atomic E-state index is 12.0. The fourth-order valence-electron chi connectivity index (χ4n) is 2.08. The Morgan fingerprint density at radius 3 is 2.94 bits per heavy atom. The number of aromatic nitrogens is 2. The van der Waals surface area contributed by atoms with Gasteiger partial charge in [-0.2, -0.15) is 0 Å². The van der Waals surface area contributed by atoms with Crippen LogP contribution in [0.5, 0.6) is 0 Å². The van der Waals surface area contributed by atoms with E-state index in [-0.39, 0.29) is 11.8 Å². The first-order valence-electron chi connectivity index (χ1n) is 5.99. The zero-order chi connectivity index (χ0) is 12.3. The number of hydrogen-bond donors (Lipinski definition) is 2. The third-order valence-corrected chi connectivity index (χ3v) is 2.88. The Balaban J connectivity index is 2.01. The molecule has 5 nitrogen and oxygen atoms in total. The first kappa shape index (κ1) is 12.0. The minimum atomic E-state index is 0.0506. The van der Waals surface area contributed by atoms with Crippen LogP contribution in [0.3, 0.4) is 0 Å². The Morgan fingerprint density at radius 2 is 2.29 bits per heavy atom. The van der Waals surface area contributed by atoms with Crippen LogP contribution in [0.4, 0.5) is 5.82 Å². The van der Waals surface area contributed by atoms with Crippen molar-refractivity contribution in [3.8, 4) is 0 Å². The predicted octanol–water partition coefficient (Wildman–Crippen LogP) is 1.03. The SMILES string of the molecule is Cc1cc(NC(=O)C2CCCNC2)nc(C)n1. The Hall–Kier alpha value is -1.49. The molecule has 1 amide bonds. The molecule has 2 heterocycles. The molecule has 0 aromatic carbocycles. The number of rotatable bonds is 2. The van der Waals surface area contributed by atoms with Crippen LogP contribution in [0.15, 0.2) is 6.07 Å². The predicted molar refractivity (Wildman–Crippen MR) is 65.7 cm³/mol. The van der Waals surface area contributed by atoms with Gasteiger partial charge in [-0.15, -0.1) is 0 Å². The van der Waals surface area contributed by atoms with Crippen molar-refractivity contribution in [1.82, 2.24) is 15.3 Å². The van der Waals surface area contributed by atoms with Crippen molar-refractivity contribution >= 4 is 11.7 Å². The van der Waals surface area contributed by atoms with Crippen molar-refractivity contribution in [2.24, 2.45) is 5.92 Å². The highest BCUT2D eigenvalue weighted by Gasteiger charge is 2.21. The molecule has 1 fully saturated rings. The number of aryl methyl sites for hydroxylation is 2. The molecule has 0 bridgehead atoms. The Labute approximate surface area is 101 Å². The second-order valence-corrected chi connectivity index (χ2v) is 4.47. The average Bonchev–Trinajstić information content (AvgIpc) is 2.28. The normalized spacial score (nSPS) is 20.0. The van der Waals surface area contributed by atoms with Crippen molar-refractivity contribution in [2.75, 3.05) is 18.4 Å². The third kappa shape index (κ3) is 3.23. The summed E-state index contributed by atoms with van der Waals surface area (Å²) in [7, 11) is 0. The van der Waals surface area contributed by atoms with Crippen molar-refractivity contribution in [3.05, 3.63) is 17.6 Å². The Bertz CT molecular complexity index is 393. The van der Waals surface area contributed by atoms with Crippen LogP contribution in [0, 0.1) is 19.8 Å². The summed E-state index contributed by atoms with van der Waals surface area (Å²) in [6.07, 6.45) is 2.00. The monoisotopic (exact) mass is 234 g/mol. The van der Waals surface area contributed by atoms with Gasteiger partial charge in [-0.3, -0.25) is 4.79 Å². The molecule has 1 aromatic heterocycles. The highest BCUT2D eigenvalue weighted by atomic mass is 16.2. The van der Waals surface area contributed by atoms with E-state index in [0.717, 1.165) is 31.6 Å². The lowest BCUT2D eigenvalue weighted by Crippen LogP contribution is -2.37. The van der Waals surface area contributed by atoms with Crippen molar-refractivity contribution < 1.29 is 4.79 Å². The van der Waals surface area contributed by atoms with Crippen LogP contribution < -0.4 is 10.6 Å². The number of piperidine rings is 1. The molecule has 1 aromatic rings. The lowest BCUT2D eigenvalue weighted by molar-refractivity contribution is -0.120. The molecule has 1 atom stereocenters. The van der Waals surface area contributed by atoms with Gasteiger partial charge in [0.15, 0.2) is 0 Å². The minimum Gasteiger partial charge on any atom is -0.316 e. The van der Waals surface area contributed by atoms with E-state index in [0.29, 0.717) is 11.6 Å². The number of anilines is 1. The maximum atomic E-state index is 12.0. The lowest BCUT2D eigenvalue weighted by atomic mass is 9.99. The second-order valence-electron chi connectivity index (χ2n) is 4.47. The van der Waals surface area contributed by atoms with Crippen LogP contribution >= 0.6 is 0 Å². The average molecular weight is 234 g/mol. The smallest absolute Gasteiger partial charge is 0.229 e. The second kappa shape index (κ2) is 5.23. The molecule has 1 saturated heterocycles. The third-order valence-electron chi connectivity index (χ3n) is 2.88. The van der Waals surface area contributed by atoms with Crippen LogP contribution in [0.2, 0.25) is 0 Å². The molecule has 2 rings (SSSR count). The Kier molecular flexibility index (Phi) is 3.68. The summed E-state index contributed by atoms with van der Waals surface area (Å²) in [5.74, 6) is 1.39. The molecule has 1 aliphatic heterocycles. The van der Waals surface area contributed by atoms with Gasteiger partial charge in [-0.25, -0.2) is 9.97 Å². The van der Waals surface area contributed by atoms with E-state index in [4.69, 9.17) is 0 Å². The molecular weight excluding hydrogens is 216 g/mol. The fraction of sp³-hybridized carbons (Fsp3) is 0.583.